The van der Waals surface area contributed by atoms with Crippen molar-refractivity contribution in [3.05, 3.63) is 64.1 Å². The Morgan fingerprint density at radius 3 is 2.59 bits per heavy atom. The van der Waals surface area contributed by atoms with Crippen LogP contribution >= 0.6 is 0 Å². The fraction of sp³-hybridized carbons (Fsp3) is 0.238. The average molecular weight is 394 g/mol. The number of hydrazone groups is 1. The number of rotatable bonds is 7. The molecule has 1 heterocycles. The van der Waals surface area contributed by atoms with E-state index in [2.05, 4.69) is 15.6 Å². The van der Waals surface area contributed by atoms with E-state index in [1.807, 2.05) is 6.92 Å². The molecule has 0 aliphatic carbocycles. The second-order valence-electron chi connectivity index (χ2n) is 6.20. The van der Waals surface area contributed by atoms with Crippen molar-refractivity contribution in [2.24, 2.45) is 5.10 Å². The predicted octanol–water partition coefficient (Wildman–Crippen LogP) is 2.59. The van der Waals surface area contributed by atoms with Crippen LogP contribution in [0.25, 0.3) is 10.8 Å². The first-order chi connectivity index (χ1) is 14.1. The third-order valence-corrected chi connectivity index (χ3v) is 4.32. The minimum Gasteiger partial charge on any atom is -0.493 e. The lowest BCUT2D eigenvalue weighted by Gasteiger charge is -2.10. The summed E-state index contributed by atoms with van der Waals surface area (Å²) in [5, 5.41) is 9.20. The summed E-state index contributed by atoms with van der Waals surface area (Å²) in [4.78, 5) is 25.3. The maximum atomic E-state index is 12.7. The van der Waals surface area contributed by atoms with Gasteiger partial charge in [-0.3, -0.25) is 9.59 Å². The number of ether oxygens (including phenoxy) is 2. The molecule has 3 aromatic rings. The summed E-state index contributed by atoms with van der Waals surface area (Å²) in [5.41, 5.74) is 3.04. The predicted molar refractivity (Wildman–Crippen MR) is 111 cm³/mol. The van der Waals surface area contributed by atoms with E-state index in [1.54, 1.807) is 49.6 Å². The van der Waals surface area contributed by atoms with Gasteiger partial charge in [0.15, 0.2) is 17.2 Å². The van der Waals surface area contributed by atoms with E-state index in [1.165, 1.54) is 18.0 Å². The summed E-state index contributed by atoms with van der Waals surface area (Å²) >= 11 is 0. The number of amides is 1. The van der Waals surface area contributed by atoms with E-state index in [4.69, 9.17) is 9.47 Å². The molecule has 3 rings (SSSR count). The van der Waals surface area contributed by atoms with Gasteiger partial charge in [-0.2, -0.15) is 10.2 Å². The number of para-hydroxylation sites is 1. The van der Waals surface area contributed by atoms with Crippen LogP contribution in [0.4, 0.5) is 0 Å². The first kappa shape index (κ1) is 20.1. The molecule has 0 atom stereocenters. The second kappa shape index (κ2) is 9.01. The average Bonchev–Trinajstić information content (AvgIpc) is 2.75. The second-order valence-corrected chi connectivity index (χ2v) is 6.20. The van der Waals surface area contributed by atoms with Crippen LogP contribution in [0.2, 0.25) is 0 Å². The lowest BCUT2D eigenvalue weighted by molar-refractivity contribution is 0.0949. The largest absolute Gasteiger partial charge is 0.493 e. The number of nitrogens with one attached hydrogen (secondary N) is 1. The summed E-state index contributed by atoms with van der Waals surface area (Å²) in [6, 6.07) is 12.2. The van der Waals surface area contributed by atoms with Crippen molar-refractivity contribution >= 4 is 22.9 Å². The summed E-state index contributed by atoms with van der Waals surface area (Å²) < 4.78 is 11.9. The van der Waals surface area contributed by atoms with E-state index < -0.39 is 5.91 Å². The topological polar surface area (TPSA) is 94.8 Å². The third-order valence-electron chi connectivity index (χ3n) is 4.32. The Balaban J connectivity index is 1.92. The molecule has 1 amide bonds. The minimum atomic E-state index is -0.510. The van der Waals surface area contributed by atoms with E-state index in [0.29, 0.717) is 34.4 Å². The van der Waals surface area contributed by atoms with Gasteiger partial charge >= 0.3 is 0 Å². The molecular weight excluding hydrogens is 372 g/mol. The van der Waals surface area contributed by atoms with Gasteiger partial charge in [0.25, 0.3) is 11.5 Å². The highest BCUT2D eigenvalue weighted by Gasteiger charge is 2.16. The molecule has 2 aromatic carbocycles. The molecule has 0 spiro atoms. The first-order valence-electron chi connectivity index (χ1n) is 9.15. The van der Waals surface area contributed by atoms with Crippen LogP contribution in [0.15, 0.2) is 52.4 Å². The molecule has 0 aliphatic heterocycles. The number of nitrogens with zero attached hydrogens (tertiary/aromatic N) is 3. The first-order valence-corrected chi connectivity index (χ1v) is 9.15. The van der Waals surface area contributed by atoms with Gasteiger partial charge in [-0.1, -0.05) is 31.2 Å². The van der Waals surface area contributed by atoms with E-state index in [9.17, 15) is 9.59 Å². The van der Waals surface area contributed by atoms with Crippen molar-refractivity contribution in [3.63, 3.8) is 0 Å². The Labute approximate surface area is 167 Å². The van der Waals surface area contributed by atoms with Gasteiger partial charge in [0, 0.05) is 17.5 Å². The summed E-state index contributed by atoms with van der Waals surface area (Å²) in [7, 11) is 3.07. The lowest BCUT2D eigenvalue weighted by atomic mass is 10.1. The van der Waals surface area contributed by atoms with Crippen LogP contribution in [-0.2, 0) is 6.54 Å². The fourth-order valence-electron chi connectivity index (χ4n) is 2.99. The van der Waals surface area contributed by atoms with Crippen molar-refractivity contribution < 1.29 is 14.3 Å². The maximum Gasteiger partial charge on any atom is 0.292 e. The van der Waals surface area contributed by atoms with Crippen molar-refractivity contribution in [1.29, 1.82) is 0 Å². The van der Waals surface area contributed by atoms with Gasteiger partial charge < -0.3 is 9.47 Å². The highest BCUT2D eigenvalue weighted by Crippen LogP contribution is 2.29. The summed E-state index contributed by atoms with van der Waals surface area (Å²) in [6.07, 6.45) is 2.18. The number of hydrogen-bond donors (Lipinski definition) is 1. The zero-order valence-electron chi connectivity index (χ0n) is 16.5. The van der Waals surface area contributed by atoms with Crippen LogP contribution in [0.5, 0.6) is 11.5 Å². The zero-order chi connectivity index (χ0) is 20.8. The Hall–Kier alpha value is -3.68. The molecule has 0 bridgehead atoms. The molecule has 0 unspecified atom stereocenters. The number of fused-ring (bicyclic) bond motifs is 1. The van der Waals surface area contributed by atoms with Crippen LogP contribution in [0.3, 0.4) is 0 Å². The monoisotopic (exact) mass is 394 g/mol. The summed E-state index contributed by atoms with van der Waals surface area (Å²) in [5.74, 6) is 0.555. The Morgan fingerprint density at radius 1 is 1.14 bits per heavy atom. The molecule has 1 aromatic heterocycles. The third kappa shape index (κ3) is 4.11. The van der Waals surface area contributed by atoms with Crippen molar-refractivity contribution in [2.75, 3.05) is 14.2 Å². The van der Waals surface area contributed by atoms with Gasteiger partial charge in [-0.15, -0.1) is 0 Å². The highest BCUT2D eigenvalue weighted by atomic mass is 16.5. The number of benzene rings is 2. The number of aromatic nitrogens is 2. The lowest BCUT2D eigenvalue weighted by Crippen LogP contribution is -2.29. The SMILES string of the molecule is CCCn1nc(C(=O)N/N=C\c2cccc(OC)c2OC)c2ccccc2c1=O. The summed E-state index contributed by atoms with van der Waals surface area (Å²) in [6.45, 7) is 2.36. The van der Waals surface area contributed by atoms with E-state index in [0.717, 1.165) is 6.42 Å². The van der Waals surface area contributed by atoms with Gasteiger partial charge in [0.05, 0.1) is 25.8 Å². The molecule has 8 heteroatoms. The number of hydrogen-bond acceptors (Lipinski definition) is 6. The number of methoxy groups -OCH3 is 2. The normalized spacial score (nSPS) is 11.0. The Morgan fingerprint density at radius 2 is 1.90 bits per heavy atom. The van der Waals surface area contributed by atoms with Gasteiger partial charge in [0.1, 0.15) is 0 Å². The van der Waals surface area contributed by atoms with Gasteiger partial charge in [-0.05, 0) is 24.6 Å². The molecule has 0 radical (unpaired) electrons. The molecule has 1 N–H and O–H groups in total. The Kier molecular flexibility index (Phi) is 6.23. The Bertz CT molecular complexity index is 1120. The van der Waals surface area contributed by atoms with Crippen molar-refractivity contribution in [1.82, 2.24) is 15.2 Å². The minimum absolute atomic E-state index is 0.142. The molecule has 0 saturated heterocycles. The number of carbonyl (C=O) groups is 1. The van der Waals surface area contributed by atoms with Gasteiger partial charge in [-0.25, -0.2) is 10.1 Å². The molecular formula is C21H22N4O4. The molecule has 8 nitrogen and oxygen atoms in total. The smallest absolute Gasteiger partial charge is 0.292 e. The molecule has 0 saturated carbocycles. The zero-order valence-corrected chi connectivity index (χ0v) is 16.5. The van der Waals surface area contributed by atoms with Crippen LogP contribution in [0.1, 0.15) is 29.4 Å². The quantitative estimate of drug-likeness (QED) is 0.491. The molecule has 150 valence electrons. The number of carbonyl (C=O) groups excluding carboxylic acids is 1. The maximum absolute atomic E-state index is 12.7. The number of aryl methyl sites for hydroxylation is 1. The standard InChI is InChI=1S/C21H22N4O4/c1-4-12-25-21(27)16-10-6-5-9-15(16)18(24-25)20(26)23-22-13-14-8-7-11-17(28-2)19(14)29-3/h5-11,13H,4,12H2,1-3H3,(H,23,26)/b22-13-. The van der Waals surface area contributed by atoms with Crippen molar-refractivity contribution in [3.8, 4) is 11.5 Å². The highest BCUT2D eigenvalue weighted by molar-refractivity contribution is 6.05. The van der Waals surface area contributed by atoms with Crippen molar-refractivity contribution in [2.45, 2.75) is 19.9 Å². The van der Waals surface area contributed by atoms with E-state index >= 15 is 0 Å². The molecule has 29 heavy (non-hydrogen) atoms. The van der Waals surface area contributed by atoms with E-state index in [-0.39, 0.29) is 11.3 Å². The van der Waals surface area contributed by atoms with Crippen LogP contribution in [-0.4, -0.2) is 36.1 Å². The van der Waals surface area contributed by atoms with Crippen LogP contribution < -0.4 is 20.5 Å². The van der Waals surface area contributed by atoms with Crippen LogP contribution in [0, 0.1) is 0 Å². The molecule has 0 fully saturated rings. The van der Waals surface area contributed by atoms with Gasteiger partial charge in [0.2, 0.25) is 0 Å². The molecule has 0 aliphatic rings. The fourth-order valence-corrected chi connectivity index (χ4v) is 2.99.